The summed E-state index contributed by atoms with van der Waals surface area (Å²) in [5, 5.41) is 1.11. The number of carbonyl (C=O) groups excluding carboxylic acids is 2. The van der Waals surface area contributed by atoms with E-state index in [0.717, 1.165) is 27.2 Å². The molecule has 25 heavy (non-hydrogen) atoms. The molecule has 7 nitrogen and oxygen atoms in total. The summed E-state index contributed by atoms with van der Waals surface area (Å²) in [6.07, 6.45) is 0. The van der Waals surface area contributed by atoms with Crippen LogP contribution in [0.4, 0.5) is 4.79 Å². The van der Waals surface area contributed by atoms with Crippen molar-refractivity contribution in [3.8, 4) is 5.75 Å². The Morgan fingerprint density at radius 3 is 2.88 bits per heavy atom. The van der Waals surface area contributed by atoms with Gasteiger partial charge in [-0.2, -0.15) is 0 Å². The highest BCUT2D eigenvalue weighted by atomic mass is 16.5. The number of hydrogen-bond acceptors (Lipinski definition) is 4. The van der Waals surface area contributed by atoms with Gasteiger partial charge < -0.3 is 20.4 Å². The van der Waals surface area contributed by atoms with Gasteiger partial charge in [0, 0.05) is 49.6 Å². The number of imide groups is 1. The molecule has 3 amide bonds. The molecule has 2 heterocycles. The Hall–Kier alpha value is -2.54. The second kappa shape index (κ2) is 6.76. The monoisotopic (exact) mass is 344 g/mol. The first kappa shape index (κ1) is 17.3. The molecule has 0 radical (unpaired) electrons. The lowest BCUT2D eigenvalue weighted by molar-refractivity contribution is -0.125. The number of benzene rings is 1. The molecular weight excluding hydrogens is 320 g/mol. The highest BCUT2D eigenvalue weighted by Gasteiger charge is 2.31. The normalized spacial score (nSPS) is 16.6. The van der Waals surface area contributed by atoms with E-state index in [-0.39, 0.29) is 17.9 Å². The fourth-order valence-corrected chi connectivity index (χ4v) is 3.37. The minimum absolute atomic E-state index is 0.159. The number of H-pyrrole nitrogens is 1. The van der Waals surface area contributed by atoms with Crippen LogP contribution < -0.4 is 10.5 Å². The number of aromatic nitrogens is 1. The summed E-state index contributed by atoms with van der Waals surface area (Å²) >= 11 is 0. The zero-order valence-corrected chi connectivity index (χ0v) is 14.8. The molecule has 1 aliphatic heterocycles. The van der Waals surface area contributed by atoms with E-state index in [1.165, 1.54) is 19.5 Å². The molecule has 0 saturated heterocycles. The van der Waals surface area contributed by atoms with E-state index < -0.39 is 0 Å². The molecule has 2 aromatic rings. The van der Waals surface area contributed by atoms with Crippen LogP contribution in [0.25, 0.3) is 10.9 Å². The van der Waals surface area contributed by atoms with E-state index in [4.69, 9.17) is 10.5 Å². The average Bonchev–Trinajstić information content (AvgIpc) is 2.96. The molecule has 0 saturated carbocycles. The molecule has 7 heteroatoms. The van der Waals surface area contributed by atoms with Crippen molar-refractivity contribution in [3.63, 3.8) is 0 Å². The highest BCUT2D eigenvalue weighted by Crippen LogP contribution is 2.36. The van der Waals surface area contributed by atoms with Crippen LogP contribution in [-0.2, 0) is 11.3 Å². The molecule has 0 spiro atoms. The van der Waals surface area contributed by atoms with Crippen molar-refractivity contribution in [2.24, 2.45) is 5.73 Å². The highest BCUT2D eigenvalue weighted by molar-refractivity contribution is 5.93. The predicted molar refractivity (Wildman–Crippen MR) is 95.5 cm³/mol. The summed E-state index contributed by atoms with van der Waals surface area (Å²) < 4.78 is 5.63. The Bertz CT molecular complexity index is 814. The maximum Gasteiger partial charge on any atom is 0.326 e. The zero-order valence-electron chi connectivity index (χ0n) is 14.8. The Morgan fingerprint density at radius 1 is 1.44 bits per heavy atom. The van der Waals surface area contributed by atoms with Crippen LogP contribution in [0.5, 0.6) is 5.75 Å². The molecule has 0 aliphatic carbocycles. The third-order valence-corrected chi connectivity index (χ3v) is 4.64. The summed E-state index contributed by atoms with van der Waals surface area (Å²) in [6, 6.07) is 5.66. The van der Waals surface area contributed by atoms with Crippen molar-refractivity contribution in [2.75, 3.05) is 26.7 Å². The van der Waals surface area contributed by atoms with Gasteiger partial charge in [0.15, 0.2) is 0 Å². The van der Waals surface area contributed by atoms with Crippen molar-refractivity contribution < 1.29 is 14.3 Å². The summed E-state index contributed by atoms with van der Waals surface area (Å²) in [5.41, 5.74) is 8.73. The molecule has 134 valence electrons. The number of nitrogens with two attached hydrogens (primary N) is 1. The minimum atomic E-state index is -0.268. The Kier molecular flexibility index (Phi) is 4.67. The van der Waals surface area contributed by atoms with Crippen LogP contribution in [0.15, 0.2) is 18.2 Å². The van der Waals surface area contributed by atoms with E-state index in [0.29, 0.717) is 26.2 Å². The maximum atomic E-state index is 12.5. The number of ether oxygens (including phenoxy) is 1. The second-order valence-corrected chi connectivity index (χ2v) is 6.50. The summed E-state index contributed by atoms with van der Waals surface area (Å²) in [5.74, 6) is 0.690. The number of amides is 3. The van der Waals surface area contributed by atoms with Gasteiger partial charge >= 0.3 is 6.03 Å². The van der Waals surface area contributed by atoms with Crippen molar-refractivity contribution in [1.29, 1.82) is 0 Å². The lowest BCUT2D eigenvalue weighted by atomic mass is 9.93. The molecular formula is C18H24N4O3. The quantitative estimate of drug-likeness (QED) is 0.891. The predicted octanol–water partition coefficient (Wildman–Crippen LogP) is 2.02. The lowest BCUT2D eigenvalue weighted by Crippen LogP contribution is -2.46. The lowest BCUT2D eigenvalue weighted by Gasteiger charge is -2.33. The molecule has 3 rings (SSSR count). The van der Waals surface area contributed by atoms with Crippen molar-refractivity contribution in [3.05, 3.63) is 29.5 Å². The number of aromatic amines is 1. The van der Waals surface area contributed by atoms with Crippen LogP contribution >= 0.6 is 0 Å². The number of nitrogens with zero attached hydrogens (tertiary/aromatic N) is 2. The Morgan fingerprint density at radius 2 is 2.20 bits per heavy atom. The first-order valence-corrected chi connectivity index (χ1v) is 8.43. The average molecular weight is 344 g/mol. The minimum Gasteiger partial charge on any atom is -0.492 e. The van der Waals surface area contributed by atoms with Gasteiger partial charge in [-0.3, -0.25) is 9.69 Å². The Labute approximate surface area is 146 Å². The van der Waals surface area contributed by atoms with E-state index in [9.17, 15) is 9.59 Å². The number of urea groups is 1. The third-order valence-electron chi connectivity index (χ3n) is 4.64. The van der Waals surface area contributed by atoms with E-state index >= 15 is 0 Å². The van der Waals surface area contributed by atoms with Crippen molar-refractivity contribution in [2.45, 2.75) is 26.3 Å². The van der Waals surface area contributed by atoms with E-state index in [1.54, 1.807) is 4.90 Å². The zero-order chi connectivity index (χ0) is 18.1. The Balaban J connectivity index is 1.92. The van der Waals surface area contributed by atoms with Gasteiger partial charge in [0.1, 0.15) is 12.4 Å². The topological polar surface area (TPSA) is 91.7 Å². The largest absolute Gasteiger partial charge is 0.492 e. The summed E-state index contributed by atoms with van der Waals surface area (Å²) in [4.78, 5) is 30.2. The summed E-state index contributed by atoms with van der Waals surface area (Å²) in [6.45, 7) is 5.47. The van der Waals surface area contributed by atoms with E-state index in [1.807, 2.05) is 18.2 Å². The molecule has 3 N–H and O–H groups in total. The number of nitrogens with one attached hydrogen (secondary N) is 1. The molecule has 0 fully saturated rings. The van der Waals surface area contributed by atoms with Gasteiger partial charge in [-0.1, -0.05) is 6.92 Å². The SMILES string of the molecule is CC(=O)N(C)C(=O)N1Cc2[nH]c3ccc(OCCN)cc3c2C(C)C1. The smallest absolute Gasteiger partial charge is 0.326 e. The van der Waals surface area contributed by atoms with Gasteiger partial charge in [0.25, 0.3) is 0 Å². The van der Waals surface area contributed by atoms with Crippen LogP contribution in [0.3, 0.4) is 0 Å². The van der Waals surface area contributed by atoms with Crippen molar-refractivity contribution >= 4 is 22.8 Å². The number of fused-ring (bicyclic) bond motifs is 3. The number of rotatable bonds is 3. The molecule has 0 bridgehead atoms. The van der Waals surface area contributed by atoms with Crippen LogP contribution in [0.2, 0.25) is 0 Å². The van der Waals surface area contributed by atoms with Gasteiger partial charge in [0.05, 0.1) is 6.54 Å². The van der Waals surface area contributed by atoms with Crippen molar-refractivity contribution in [1.82, 2.24) is 14.8 Å². The van der Waals surface area contributed by atoms with Gasteiger partial charge in [0.2, 0.25) is 5.91 Å². The summed E-state index contributed by atoms with van der Waals surface area (Å²) in [7, 11) is 1.51. The van der Waals surface area contributed by atoms with Crippen LogP contribution in [0, 0.1) is 0 Å². The maximum absolute atomic E-state index is 12.5. The second-order valence-electron chi connectivity index (χ2n) is 6.50. The van der Waals surface area contributed by atoms with Gasteiger partial charge in [-0.25, -0.2) is 4.79 Å². The fourth-order valence-electron chi connectivity index (χ4n) is 3.37. The van der Waals surface area contributed by atoms with Gasteiger partial charge in [-0.05, 0) is 23.8 Å². The van der Waals surface area contributed by atoms with Crippen LogP contribution in [0.1, 0.15) is 31.0 Å². The standard InChI is InChI=1S/C18H24N4O3/c1-11-9-22(18(24)21(3)12(2)23)10-16-17(11)14-8-13(25-7-6-19)4-5-15(14)20-16/h4-5,8,11,20H,6-7,9-10,19H2,1-3H3. The molecule has 1 aromatic heterocycles. The third kappa shape index (κ3) is 3.19. The molecule has 1 aromatic carbocycles. The number of carbonyl (C=O) groups is 2. The first-order chi connectivity index (χ1) is 11.9. The first-order valence-electron chi connectivity index (χ1n) is 8.43. The number of hydrogen-bond donors (Lipinski definition) is 2. The molecule has 1 aliphatic rings. The van der Waals surface area contributed by atoms with Crippen LogP contribution in [-0.4, -0.2) is 53.5 Å². The van der Waals surface area contributed by atoms with Gasteiger partial charge in [-0.15, -0.1) is 0 Å². The fraction of sp³-hybridized carbons (Fsp3) is 0.444. The van der Waals surface area contributed by atoms with E-state index in [2.05, 4.69) is 11.9 Å². The molecule has 1 atom stereocenters. The molecule has 1 unspecified atom stereocenters.